The van der Waals surface area contributed by atoms with Crippen LogP contribution >= 0.6 is 46.1 Å². The highest BCUT2D eigenvalue weighted by molar-refractivity contribution is 14.1. The summed E-state index contributed by atoms with van der Waals surface area (Å²) >= 11 is 4.19. The summed E-state index contributed by atoms with van der Waals surface area (Å²) in [6.07, 6.45) is -15.1. The molecule has 9 rings (SSSR count). The number of hydrogen-bond acceptors (Lipinski definition) is 25. The van der Waals surface area contributed by atoms with Crippen LogP contribution in [-0.2, 0) is 57.9 Å². The molecule has 0 spiro atoms. The van der Waals surface area contributed by atoms with Gasteiger partial charge in [0.25, 0.3) is 0 Å². The Balaban J connectivity index is 0.929. The average Bonchev–Trinajstić information content (AvgIpc) is 4.15. The van der Waals surface area contributed by atoms with Crippen LogP contribution in [0.4, 0.5) is 4.79 Å². The molecule has 0 radical (unpaired) electrons. The number of aliphatic hydroxyl groups is 5. The van der Waals surface area contributed by atoms with E-state index in [9.17, 15) is 39.9 Å². The van der Waals surface area contributed by atoms with Gasteiger partial charge in [-0.15, -0.1) is 11.8 Å². The smallest absolute Gasteiger partial charge is 0.407 e. The van der Waals surface area contributed by atoms with Gasteiger partial charge in [0.1, 0.15) is 48.3 Å². The highest BCUT2D eigenvalue weighted by Crippen LogP contribution is 2.65. The largest absolute Gasteiger partial charge is 0.492 e. The Morgan fingerprint density at radius 2 is 1.59 bits per heavy atom. The maximum Gasteiger partial charge on any atom is 0.407 e. The molecule has 1 amide bonds. The van der Waals surface area contributed by atoms with Crippen molar-refractivity contribution in [2.75, 3.05) is 54.5 Å². The third-order valence-electron chi connectivity index (χ3n) is 16.4. The quantitative estimate of drug-likeness (QED) is 0.0604. The van der Waals surface area contributed by atoms with Gasteiger partial charge in [-0.2, -0.15) is 5.48 Å². The zero-order valence-electron chi connectivity index (χ0n) is 46.6. The van der Waals surface area contributed by atoms with Crippen LogP contribution in [0.2, 0.25) is 0 Å². The Morgan fingerprint density at radius 3 is 2.27 bits per heavy atom. The molecule has 5 fully saturated rings. The molecular weight excluding hydrogens is 1220 g/mol. The number of rotatable bonds is 18. The van der Waals surface area contributed by atoms with Crippen LogP contribution in [0.5, 0.6) is 17.2 Å². The Kier molecular flexibility index (Phi) is 20.0. The molecule has 1 unspecified atom stereocenters. The summed E-state index contributed by atoms with van der Waals surface area (Å²) in [5, 5.41) is 63.3. The van der Waals surface area contributed by atoms with Gasteiger partial charge >= 0.3 is 6.09 Å². The second-order valence-corrected chi connectivity index (χ2v) is 24.6. The molecular formula is C54H74IN3O21S2. The van der Waals surface area contributed by atoms with Gasteiger partial charge < -0.3 is 93.0 Å². The molecule has 27 heteroatoms. The first kappa shape index (κ1) is 62.5. The number of hydrogen-bond donors (Lipinski definition) is 8. The van der Waals surface area contributed by atoms with Crippen molar-refractivity contribution in [2.45, 2.75) is 180 Å². The van der Waals surface area contributed by atoms with Crippen molar-refractivity contribution >= 4 is 63.1 Å². The van der Waals surface area contributed by atoms with Crippen LogP contribution in [0.15, 0.2) is 35.9 Å². The number of methoxy groups -OCH3 is 5. The first-order valence-electron chi connectivity index (χ1n) is 26.9. The summed E-state index contributed by atoms with van der Waals surface area (Å²) in [5.41, 5.74) is 3.32. The number of alkyl carbamates (subject to hydrolysis) is 1. The lowest BCUT2D eigenvalue weighted by atomic mass is 9.59. The van der Waals surface area contributed by atoms with E-state index in [1.165, 1.54) is 40.2 Å². The van der Waals surface area contributed by atoms with E-state index in [2.05, 4.69) is 16.1 Å². The number of nitrogens with one attached hydrogen (secondary N) is 3. The predicted octanol–water partition coefficient (Wildman–Crippen LogP) is 2.40. The molecule has 2 aromatic carbocycles. The standard InChI is InChI=1S/C54H74IN3O21S2/c1-11-56-28-21-72-33(19-31(28)67-6)76-44-39(62)37(23(3)74-51(44)78-48-26-14-12-13-15-27(26)53(66)20-30(60)47(57-52(65)71-10)54(48)32(53)16-17-80-54)58-79-34-18-29(59)46(25(5)73-34)81-49(64)35-22(2)36(55)42(45(70-9)41(35)68-7)77-50-40(63)43(69-8)38(61)24(4)75-50/h12-16,23-25,28-29,31,33-34,37-40,43-44,46-48,50-51,56,58-59,61-63,66H,11,17-21H2,1-10H3,(H,57,65)/t23-,24+,25-,28+,29+,31+,33+,34+,37-,38+,39+,40-,43-,44-,46-,47?,48+,50+,51+,53-,54+/m1/s1. The normalized spacial score (nSPS) is 39.2. The number of thioether (sulfide) groups is 2. The number of benzene rings is 2. The minimum Gasteiger partial charge on any atom is -0.492 e. The number of ether oxygens (including phenoxy) is 12. The fourth-order valence-corrected chi connectivity index (χ4v) is 15.7. The Hall–Kier alpha value is -3.02. The maximum atomic E-state index is 14.4. The van der Waals surface area contributed by atoms with E-state index >= 15 is 0 Å². The molecule has 2 aromatic rings. The monoisotopic (exact) mass is 1290 g/mol. The molecule has 8 N–H and O–H groups in total. The first-order chi connectivity index (χ1) is 38.7. The summed E-state index contributed by atoms with van der Waals surface area (Å²) in [5.74, 6) is 0.149. The third-order valence-corrected chi connectivity index (χ3v) is 20.5. The number of aliphatic hydroxyl groups excluding tert-OH is 4. The highest BCUT2D eigenvalue weighted by Gasteiger charge is 2.69. The average molecular weight is 1290 g/mol. The number of halogens is 1. The van der Waals surface area contributed by atoms with Gasteiger partial charge in [-0.05, 0) is 79.1 Å². The van der Waals surface area contributed by atoms with Gasteiger partial charge in [0.05, 0.1) is 89.7 Å². The predicted molar refractivity (Wildman–Crippen MR) is 298 cm³/mol. The van der Waals surface area contributed by atoms with Gasteiger partial charge in [0.2, 0.25) is 17.2 Å². The van der Waals surface area contributed by atoms with Crippen molar-refractivity contribution in [1.82, 2.24) is 16.1 Å². The molecule has 4 saturated heterocycles. The van der Waals surface area contributed by atoms with Crippen LogP contribution < -0.4 is 30.3 Å². The summed E-state index contributed by atoms with van der Waals surface area (Å²) in [7, 11) is 6.89. The van der Waals surface area contributed by atoms with E-state index in [0.717, 1.165) is 11.8 Å². The van der Waals surface area contributed by atoms with E-state index in [0.29, 0.717) is 38.1 Å². The van der Waals surface area contributed by atoms with Crippen LogP contribution in [0.1, 0.15) is 80.1 Å². The minimum atomic E-state index is -1.70. The molecule has 2 bridgehead atoms. The van der Waals surface area contributed by atoms with Crippen molar-refractivity contribution < 1.29 is 102 Å². The molecule has 0 aromatic heterocycles. The summed E-state index contributed by atoms with van der Waals surface area (Å²) in [4.78, 5) is 47.8. The molecule has 24 nitrogen and oxygen atoms in total. The van der Waals surface area contributed by atoms with Gasteiger partial charge in [-0.1, -0.05) is 49.0 Å². The molecule has 2 aliphatic carbocycles. The summed E-state index contributed by atoms with van der Waals surface area (Å²) in [6.45, 7) is 9.57. The number of carbonyl (C=O) groups excluding carboxylic acids is 3. The van der Waals surface area contributed by atoms with E-state index in [1.54, 1.807) is 59.1 Å². The lowest BCUT2D eigenvalue weighted by Gasteiger charge is -2.57. The van der Waals surface area contributed by atoms with Crippen LogP contribution in [-0.4, -0.2) is 211 Å². The van der Waals surface area contributed by atoms with E-state index in [1.807, 2.05) is 35.6 Å². The third kappa shape index (κ3) is 11.6. The van der Waals surface area contributed by atoms with Crippen LogP contribution in [0.25, 0.3) is 0 Å². The fourth-order valence-electron chi connectivity index (χ4n) is 12.3. The summed E-state index contributed by atoms with van der Waals surface area (Å²) in [6, 6.07) is 4.71. The molecule has 1 saturated carbocycles. The molecule has 7 aliphatic rings. The summed E-state index contributed by atoms with van der Waals surface area (Å²) < 4.78 is 71.9. The zero-order valence-corrected chi connectivity index (χ0v) is 50.4. The molecule has 81 heavy (non-hydrogen) atoms. The van der Waals surface area contributed by atoms with Gasteiger partial charge in [0, 0.05) is 39.2 Å². The van der Waals surface area contributed by atoms with E-state index in [-0.39, 0.29) is 60.8 Å². The molecule has 5 heterocycles. The van der Waals surface area contributed by atoms with Gasteiger partial charge in [-0.3, -0.25) is 14.4 Å². The van der Waals surface area contributed by atoms with Crippen LogP contribution in [0.3, 0.4) is 0 Å². The van der Waals surface area contributed by atoms with Crippen molar-refractivity contribution in [3.8, 4) is 17.2 Å². The lowest BCUT2D eigenvalue weighted by molar-refractivity contribution is -0.343. The second kappa shape index (κ2) is 25.9. The number of ketones is 1. The Morgan fingerprint density at radius 1 is 0.864 bits per heavy atom. The minimum absolute atomic E-state index is 0.0377. The number of fused-ring (bicyclic) bond motifs is 2. The van der Waals surface area contributed by atoms with Gasteiger partial charge in [-0.25, -0.2) is 4.79 Å². The van der Waals surface area contributed by atoms with E-state index in [4.69, 9.17) is 61.7 Å². The van der Waals surface area contributed by atoms with Crippen molar-refractivity contribution in [3.63, 3.8) is 0 Å². The SMILES string of the molecule is CCN[C@H]1CO[C@@H](O[C@H]2[C@H](O[C@H]3c4ccccc4[C@]4(O)CC(=O)C(NC(=O)OC)[C@]35SCC=C45)O[C@H](C)[C@@H](NO[C@H]3C[C@H](O)[C@H](SC(=O)c4c(C)c(I)c(O[C@@H]5O[C@@H](C)[C@H](O)[C@@H](OC)[C@H]5O)c(OC)c4OC)[C@@H](C)O3)[C@@H]2O)C[C@@H]1OC. The lowest BCUT2D eigenvalue weighted by Crippen LogP contribution is -2.69. The second-order valence-electron chi connectivity index (χ2n) is 21.1. The zero-order chi connectivity index (χ0) is 58.4. The topological polar surface area (TPSA) is 308 Å². The number of likely N-dealkylation sites (N-methyl/N-ethyl adjacent to an activating group) is 1. The first-order valence-corrected chi connectivity index (χ1v) is 29.8. The Labute approximate surface area is 491 Å². The van der Waals surface area contributed by atoms with Gasteiger partial charge in [0.15, 0.2) is 36.2 Å². The van der Waals surface area contributed by atoms with Crippen molar-refractivity contribution in [3.05, 3.63) is 61.7 Å². The fraction of sp³-hybridized carbons (Fsp3) is 0.685. The maximum absolute atomic E-state index is 14.4. The molecule has 450 valence electrons. The number of carbonyl (C=O) groups is 3. The molecule has 21 atom stereocenters. The van der Waals surface area contributed by atoms with E-state index < -0.39 is 131 Å². The van der Waals surface area contributed by atoms with Crippen molar-refractivity contribution in [2.24, 2.45) is 0 Å². The highest BCUT2D eigenvalue weighted by atomic mass is 127. The van der Waals surface area contributed by atoms with Crippen LogP contribution in [0, 0.1) is 10.5 Å². The number of hydroxylamine groups is 1. The molecule has 5 aliphatic heterocycles. The Bertz CT molecular complexity index is 2630. The number of amides is 1. The number of Topliss-reactive ketones (excluding diaryl/α,β-unsaturated/α-hetero) is 1. The van der Waals surface area contributed by atoms with Crippen molar-refractivity contribution in [1.29, 1.82) is 0 Å².